The van der Waals surface area contributed by atoms with Crippen LogP contribution in [0.2, 0.25) is 0 Å². The molecule has 0 atom stereocenters. The topological polar surface area (TPSA) is 84.2 Å². The van der Waals surface area contributed by atoms with Crippen molar-refractivity contribution in [2.24, 2.45) is 5.41 Å². The molecule has 1 aromatic heterocycles. The third-order valence-electron chi connectivity index (χ3n) is 4.29. The van der Waals surface area contributed by atoms with Gasteiger partial charge in [0.2, 0.25) is 11.8 Å². The van der Waals surface area contributed by atoms with Crippen LogP contribution in [-0.4, -0.2) is 16.8 Å². The van der Waals surface area contributed by atoms with Crippen LogP contribution in [0.15, 0.2) is 65.2 Å². The number of benzene rings is 2. The maximum absolute atomic E-state index is 12.2. The third-order valence-corrected chi connectivity index (χ3v) is 4.29. The van der Waals surface area contributed by atoms with E-state index in [-0.39, 0.29) is 18.2 Å². The molecule has 2 amide bonds. The zero-order valence-corrected chi connectivity index (χ0v) is 16.9. The molecule has 29 heavy (non-hydrogen) atoms. The lowest BCUT2D eigenvalue weighted by atomic mass is 9.95. The van der Waals surface area contributed by atoms with Gasteiger partial charge in [-0.1, -0.05) is 51.1 Å². The Kier molecular flexibility index (Phi) is 6.12. The molecular formula is C23H25N3O3. The SMILES string of the molecule is CC(C)(C)C(=O)Nc1ccc(NC(=O)CCc2ncc(-c3ccccc3)o2)cc1. The maximum Gasteiger partial charge on any atom is 0.229 e. The highest BCUT2D eigenvalue weighted by molar-refractivity contribution is 5.95. The summed E-state index contributed by atoms with van der Waals surface area (Å²) < 4.78 is 5.72. The fraction of sp³-hybridized carbons (Fsp3) is 0.261. The van der Waals surface area contributed by atoms with Gasteiger partial charge in [-0.3, -0.25) is 9.59 Å². The molecule has 2 aromatic carbocycles. The van der Waals surface area contributed by atoms with Crippen LogP contribution in [0.5, 0.6) is 0 Å². The largest absolute Gasteiger partial charge is 0.441 e. The molecule has 0 aliphatic heterocycles. The van der Waals surface area contributed by atoms with Gasteiger partial charge in [0.05, 0.1) is 6.20 Å². The highest BCUT2D eigenvalue weighted by Gasteiger charge is 2.21. The van der Waals surface area contributed by atoms with Crippen LogP contribution in [0.1, 0.15) is 33.1 Å². The standard InChI is InChI=1S/C23H25N3O3/c1-23(2,3)22(28)26-18-11-9-17(10-12-18)25-20(27)13-14-21-24-15-19(29-21)16-7-5-4-6-8-16/h4-12,15H,13-14H2,1-3H3,(H,25,27)(H,26,28). The number of anilines is 2. The van der Waals surface area contributed by atoms with Crippen molar-refractivity contribution in [1.29, 1.82) is 0 Å². The number of aryl methyl sites for hydroxylation is 1. The fourth-order valence-electron chi connectivity index (χ4n) is 2.56. The number of oxazole rings is 1. The first-order valence-electron chi connectivity index (χ1n) is 9.53. The maximum atomic E-state index is 12.2. The molecule has 3 rings (SSSR count). The summed E-state index contributed by atoms with van der Waals surface area (Å²) in [5.74, 6) is 1.03. The van der Waals surface area contributed by atoms with Gasteiger partial charge in [0.1, 0.15) is 0 Å². The Morgan fingerprint density at radius 1 is 0.931 bits per heavy atom. The third kappa shape index (κ3) is 5.78. The van der Waals surface area contributed by atoms with E-state index in [0.717, 1.165) is 5.56 Å². The van der Waals surface area contributed by atoms with E-state index in [1.165, 1.54) is 0 Å². The van der Waals surface area contributed by atoms with Gasteiger partial charge in [-0.2, -0.15) is 0 Å². The number of carbonyl (C=O) groups is 2. The Balaban J connectivity index is 1.50. The zero-order valence-electron chi connectivity index (χ0n) is 16.9. The lowest BCUT2D eigenvalue weighted by Gasteiger charge is -2.17. The molecule has 0 bridgehead atoms. The Labute approximate surface area is 170 Å². The van der Waals surface area contributed by atoms with Crippen molar-refractivity contribution < 1.29 is 14.0 Å². The number of amides is 2. The van der Waals surface area contributed by atoms with Crippen molar-refractivity contribution in [3.8, 4) is 11.3 Å². The number of aromatic nitrogens is 1. The minimum Gasteiger partial charge on any atom is -0.441 e. The number of hydrogen-bond donors (Lipinski definition) is 2. The summed E-state index contributed by atoms with van der Waals surface area (Å²) in [4.78, 5) is 28.5. The highest BCUT2D eigenvalue weighted by atomic mass is 16.4. The first-order valence-corrected chi connectivity index (χ1v) is 9.53. The van der Waals surface area contributed by atoms with E-state index in [1.54, 1.807) is 30.5 Å². The number of rotatable bonds is 6. The van der Waals surface area contributed by atoms with Crippen LogP contribution in [-0.2, 0) is 16.0 Å². The molecule has 6 nitrogen and oxygen atoms in total. The smallest absolute Gasteiger partial charge is 0.229 e. The predicted molar refractivity (Wildman–Crippen MR) is 113 cm³/mol. The van der Waals surface area contributed by atoms with Crippen LogP contribution >= 0.6 is 0 Å². The Hall–Kier alpha value is -3.41. The summed E-state index contributed by atoms with van der Waals surface area (Å²) in [7, 11) is 0. The molecule has 6 heteroatoms. The molecule has 3 aromatic rings. The summed E-state index contributed by atoms with van der Waals surface area (Å²) >= 11 is 0. The van der Waals surface area contributed by atoms with Crippen molar-refractivity contribution in [2.75, 3.05) is 10.6 Å². The van der Waals surface area contributed by atoms with Gasteiger partial charge in [-0.05, 0) is 24.3 Å². The highest BCUT2D eigenvalue weighted by Crippen LogP contribution is 2.21. The van der Waals surface area contributed by atoms with Gasteiger partial charge < -0.3 is 15.1 Å². The number of hydrogen-bond acceptors (Lipinski definition) is 4. The Morgan fingerprint density at radius 3 is 2.17 bits per heavy atom. The minimum absolute atomic E-state index is 0.0601. The Morgan fingerprint density at radius 2 is 1.55 bits per heavy atom. The minimum atomic E-state index is -0.465. The van der Waals surface area contributed by atoms with E-state index in [4.69, 9.17) is 4.42 Å². The summed E-state index contributed by atoms with van der Waals surface area (Å²) in [6.45, 7) is 5.56. The van der Waals surface area contributed by atoms with Gasteiger partial charge in [-0.25, -0.2) is 4.98 Å². The number of nitrogens with one attached hydrogen (secondary N) is 2. The summed E-state index contributed by atoms with van der Waals surface area (Å²) in [5, 5.41) is 5.69. The number of nitrogens with zero attached hydrogens (tertiary/aromatic N) is 1. The van der Waals surface area contributed by atoms with Crippen LogP contribution in [0.4, 0.5) is 11.4 Å². The number of carbonyl (C=O) groups excluding carboxylic acids is 2. The molecule has 150 valence electrons. The molecule has 0 unspecified atom stereocenters. The van der Waals surface area contributed by atoms with Crippen LogP contribution in [0.3, 0.4) is 0 Å². The summed E-state index contributed by atoms with van der Waals surface area (Å²) in [6.07, 6.45) is 2.35. The fourth-order valence-corrected chi connectivity index (χ4v) is 2.56. The molecule has 0 saturated carbocycles. The van der Waals surface area contributed by atoms with Gasteiger partial charge in [0.25, 0.3) is 0 Å². The lowest BCUT2D eigenvalue weighted by Crippen LogP contribution is -2.27. The van der Waals surface area contributed by atoms with Gasteiger partial charge in [0, 0.05) is 35.2 Å². The molecule has 0 saturated heterocycles. The second kappa shape index (κ2) is 8.73. The van der Waals surface area contributed by atoms with Crippen molar-refractivity contribution in [2.45, 2.75) is 33.6 Å². The van der Waals surface area contributed by atoms with E-state index in [9.17, 15) is 9.59 Å². The molecule has 1 heterocycles. The van der Waals surface area contributed by atoms with E-state index in [2.05, 4.69) is 15.6 Å². The Bertz CT molecular complexity index is 971. The van der Waals surface area contributed by atoms with E-state index in [1.807, 2.05) is 51.1 Å². The molecule has 0 aliphatic carbocycles. The first-order chi connectivity index (χ1) is 13.8. The first kappa shape index (κ1) is 20.3. The lowest BCUT2D eigenvalue weighted by molar-refractivity contribution is -0.123. The summed E-state index contributed by atoms with van der Waals surface area (Å²) in [5.41, 5.74) is 1.85. The molecule has 0 aliphatic rings. The quantitative estimate of drug-likeness (QED) is 0.626. The van der Waals surface area contributed by atoms with E-state index < -0.39 is 5.41 Å². The normalized spacial score (nSPS) is 11.1. The van der Waals surface area contributed by atoms with Gasteiger partial charge in [-0.15, -0.1) is 0 Å². The second-order valence-corrected chi connectivity index (χ2v) is 7.81. The van der Waals surface area contributed by atoms with E-state index >= 15 is 0 Å². The van der Waals surface area contributed by atoms with Crippen molar-refractivity contribution in [1.82, 2.24) is 4.98 Å². The average Bonchev–Trinajstić information content (AvgIpc) is 3.17. The van der Waals surface area contributed by atoms with Gasteiger partial charge >= 0.3 is 0 Å². The summed E-state index contributed by atoms with van der Waals surface area (Å²) in [6, 6.07) is 16.8. The van der Waals surface area contributed by atoms with Crippen molar-refractivity contribution in [3.63, 3.8) is 0 Å². The average molecular weight is 391 g/mol. The van der Waals surface area contributed by atoms with Crippen LogP contribution < -0.4 is 10.6 Å². The molecule has 0 fully saturated rings. The monoisotopic (exact) mass is 391 g/mol. The van der Waals surface area contributed by atoms with Crippen LogP contribution in [0, 0.1) is 5.41 Å². The van der Waals surface area contributed by atoms with Crippen molar-refractivity contribution in [3.05, 3.63) is 66.7 Å². The zero-order chi connectivity index (χ0) is 20.9. The molecular weight excluding hydrogens is 366 g/mol. The van der Waals surface area contributed by atoms with E-state index in [0.29, 0.717) is 29.4 Å². The second-order valence-electron chi connectivity index (χ2n) is 7.81. The van der Waals surface area contributed by atoms with Gasteiger partial charge in [0.15, 0.2) is 11.7 Å². The molecule has 2 N–H and O–H groups in total. The molecule has 0 radical (unpaired) electrons. The van der Waals surface area contributed by atoms with Crippen molar-refractivity contribution >= 4 is 23.2 Å². The molecule has 0 spiro atoms. The predicted octanol–water partition coefficient (Wildman–Crippen LogP) is 4.90. The van der Waals surface area contributed by atoms with Crippen LogP contribution in [0.25, 0.3) is 11.3 Å².